The summed E-state index contributed by atoms with van der Waals surface area (Å²) in [6.45, 7) is 2.30. The van der Waals surface area contributed by atoms with Gasteiger partial charge in [-0.3, -0.25) is 10.1 Å². The van der Waals surface area contributed by atoms with E-state index in [1.165, 1.54) is 28.6 Å². The van der Waals surface area contributed by atoms with Crippen molar-refractivity contribution < 1.29 is 13.3 Å². The summed E-state index contributed by atoms with van der Waals surface area (Å²) >= 11 is 0. The van der Waals surface area contributed by atoms with Crippen molar-refractivity contribution in [2.24, 2.45) is 0 Å². The standard InChI is InChI=1S/C11H15N3O4S.ClH/c15-14(16)10-2-4-11(5-3-10)19(17,18)13-8-1-6-12-7-9-13;/h2-5,12H,1,6-9H2;1H. The molecule has 1 aromatic rings. The van der Waals surface area contributed by atoms with Crippen molar-refractivity contribution >= 4 is 28.1 Å². The van der Waals surface area contributed by atoms with Gasteiger partial charge >= 0.3 is 0 Å². The van der Waals surface area contributed by atoms with Crippen LogP contribution in [0.5, 0.6) is 0 Å². The van der Waals surface area contributed by atoms with Gasteiger partial charge in [0.15, 0.2) is 0 Å². The Balaban J connectivity index is 0.00000200. The summed E-state index contributed by atoms with van der Waals surface area (Å²) in [5.74, 6) is 0. The van der Waals surface area contributed by atoms with Gasteiger partial charge in [-0.25, -0.2) is 8.42 Å². The van der Waals surface area contributed by atoms with Gasteiger partial charge in [0.1, 0.15) is 0 Å². The number of nitrogens with one attached hydrogen (secondary N) is 1. The third-order valence-electron chi connectivity index (χ3n) is 2.98. The highest BCUT2D eigenvalue weighted by Gasteiger charge is 2.25. The number of sulfonamides is 1. The summed E-state index contributed by atoms with van der Waals surface area (Å²) in [5.41, 5.74) is -0.114. The Morgan fingerprint density at radius 2 is 1.80 bits per heavy atom. The van der Waals surface area contributed by atoms with Crippen LogP contribution < -0.4 is 5.32 Å². The molecule has 1 aromatic carbocycles. The van der Waals surface area contributed by atoms with Gasteiger partial charge in [0.2, 0.25) is 10.0 Å². The molecule has 0 unspecified atom stereocenters. The fraction of sp³-hybridized carbons (Fsp3) is 0.455. The van der Waals surface area contributed by atoms with Crippen LogP contribution in [0.1, 0.15) is 6.42 Å². The fourth-order valence-electron chi connectivity index (χ4n) is 1.95. The maximum atomic E-state index is 12.3. The molecule has 7 nitrogen and oxygen atoms in total. The number of halogens is 1. The first-order valence-electron chi connectivity index (χ1n) is 5.97. The van der Waals surface area contributed by atoms with E-state index < -0.39 is 14.9 Å². The summed E-state index contributed by atoms with van der Waals surface area (Å²) in [6.07, 6.45) is 0.756. The summed E-state index contributed by atoms with van der Waals surface area (Å²) in [4.78, 5) is 10.1. The average molecular weight is 322 g/mol. The first-order valence-corrected chi connectivity index (χ1v) is 7.41. The number of rotatable bonds is 3. The van der Waals surface area contributed by atoms with Crippen molar-refractivity contribution in [3.63, 3.8) is 0 Å². The van der Waals surface area contributed by atoms with Gasteiger partial charge in [-0.15, -0.1) is 12.4 Å². The molecular weight excluding hydrogens is 306 g/mol. The Labute approximate surface area is 123 Å². The molecule has 20 heavy (non-hydrogen) atoms. The Morgan fingerprint density at radius 3 is 2.40 bits per heavy atom. The van der Waals surface area contributed by atoms with Crippen LogP contribution in [0.15, 0.2) is 29.2 Å². The van der Waals surface area contributed by atoms with Crippen LogP contribution >= 0.6 is 12.4 Å². The van der Waals surface area contributed by atoms with Gasteiger partial charge < -0.3 is 5.32 Å². The van der Waals surface area contributed by atoms with Crippen LogP contribution in [0.4, 0.5) is 5.69 Å². The minimum atomic E-state index is -3.56. The Bertz CT molecular complexity index is 554. The van der Waals surface area contributed by atoms with E-state index in [0.717, 1.165) is 13.0 Å². The number of hydrogen-bond donors (Lipinski definition) is 1. The zero-order chi connectivity index (χ0) is 13.9. The number of benzene rings is 1. The minimum Gasteiger partial charge on any atom is -0.315 e. The molecule has 9 heteroatoms. The molecule has 2 rings (SSSR count). The lowest BCUT2D eigenvalue weighted by Crippen LogP contribution is -2.34. The molecule has 1 saturated heterocycles. The predicted octanol–water partition coefficient (Wildman–Crippen LogP) is 1.00. The van der Waals surface area contributed by atoms with Gasteiger partial charge in [-0.05, 0) is 25.1 Å². The molecule has 0 radical (unpaired) electrons. The second-order valence-electron chi connectivity index (χ2n) is 4.26. The molecule has 0 aromatic heterocycles. The third-order valence-corrected chi connectivity index (χ3v) is 4.90. The van der Waals surface area contributed by atoms with Crippen molar-refractivity contribution in [1.29, 1.82) is 0 Å². The van der Waals surface area contributed by atoms with Gasteiger partial charge in [0.25, 0.3) is 5.69 Å². The van der Waals surface area contributed by atoms with Crippen molar-refractivity contribution in [1.82, 2.24) is 9.62 Å². The topological polar surface area (TPSA) is 92.5 Å². The van der Waals surface area contributed by atoms with Crippen molar-refractivity contribution in [3.8, 4) is 0 Å². The molecule has 1 fully saturated rings. The van der Waals surface area contributed by atoms with Gasteiger partial charge in [0.05, 0.1) is 9.82 Å². The molecule has 0 spiro atoms. The Kier molecular flexibility index (Phi) is 5.88. The highest BCUT2D eigenvalue weighted by atomic mass is 35.5. The average Bonchev–Trinajstić information content (AvgIpc) is 2.68. The second-order valence-corrected chi connectivity index (χ2v) is 6.20. The molecular formula is C11H16ClN3O4S. The smallest absolute Gasteiger partial charge is 0.269 e. The van der Waals surface area contributed by atoms with E-state index in [2.05, 4.69) is 5.32 Å². The van der Waals surface area contributed by atoms with Crippen molar-refractivity contribution in [3.05, 3.63) is 34.4 Å². The molecule has 0 bridgehead atoms. The van der Waals surface area contributed by atoms with E-state index in [0.29, 0.717) is 19.6 Å². The molecule has 1 heterocycles. The number of nitro groups is 1. The maximum Gasteiger partial charge on any atom is 0.269 e. The molecule has 1 aliphatic heterocycles. The lowest BCUT2D eigenvalue weighted by Gasteiger charge is -2.19. The van der Waals surface area contributed by atoms with Gasteiger partial charge in [0, 0.05) is 31.8 Å². The number of nitrogens with zero attached hydrogens (tertiary/aromatic N) is 2. The largest absolute Gasteiger partial charge is 0.315 e. The lowest BCUT2D eigenvalue weighted by atomic mass is 10.3. The number of non-ortho nitro benzene ring substituents is 1. The molecule has 0 atom stereocenters. The van der Waals surface area contributed by atoms with Gasteiger partial charge in [-0.1, -0.05) is 0 Å². The maximum absolute atomic E-state index is 12.3. The van der Waals surface area contributed by atoms with Crippen LogP contribution in [0.25, 0.3) is 0 Å². The zero-order valence-corrected chi connectivity index (χ0v) is 12.3. The third kappa shape index (κ3) is 3.66. The zero-order valence-electron chi connectivity index (χ0n) is 10.7. The molecule has 1 aliphatic rings. The molecule has 0 aliphatic carbocycles. The summed E-state index contributed by atoms with van der Waals surface area (Å²) < 4.78 is 26.1. The molecule has 0 amide bonds. The van der Waals surface area contributed by atoms with E-state index >= 15 is 0 Å². The predicted molar refractivity (Wildman–Crippen MR) is 76.6 cm³/mol. The highest BCUT2D eigenvalue weighted by molar-refractivity contribution is 7.89. The first kappa shape index (κ1) is 16.8. The Morgan fingerprint density at radius 1 is 1.15 bits per heavy atom. The normalized spacial score (nSPS) is 17.0. The summed E-state index contributed by atoms with van der Waals surface area (Å²) in [6, 6.07) is 4.99. The van der Waals surface area contributed by atoms with E-state index in [-0.39, 0.29) is 23.0 Å². The van der Waals surface area contributed by atoms with Crippen molar-refractivity contribution in [2.45, 2.75) is 11.3 Å². The highest BCUT2D eigenvalue weighted by Crippen LogP contribution is 2.19. The second kappa shape index (κ2) is 6.98. The monoisotopic (exact) mass is 321 g/mol. The molecule has 112 valence electrons. The fourth-order valence-corrected chi connectivity index (χ4v) is 3.43. The van der Waals surface area contributed by atoms with Gasteiger partial charge in [-0.2, -0.15) is 4.31 Å². The quantitative estimate of drug-likeness (QED) is 0.662. The first-order chi connectivity index (χ1) is 9.01. The van der Waals surface area contributed by atoms with Crippen LogP contribution in [0, 0.1) is 10.1 Å². The Hall–Kier alpha value is -1.22. The molecule has 0 saturated carbocycles. The summed E-state index contributed by atoms with van der Waals surface area (Å²) in [7, 11) is -3.56. The minimum absolute atomic E-state index is 0. The van der Waals surface area contributed by atoms with Crippen LogP contribution in [0.3, 0.4) is 0 Å². The number of nitro benzene ring substituents is 1. The van der Waals surface area contributed by atoms with E-state index in [1.807, 2.05) is 0 Å². The van der Waals surface area contributed by atoms with E-state index in [4.69, 9.17) is 0 Å². The SMILES string of the molecule is Cl.O=[N+]([O-])c1ccc(S(=O)(=O)N2CCCNCC2)cc1. The van der Waals surface area contributed by atoms with Crippen molar-refractivity contribution in [2.75, 3.05) is 26.2 Å². The van der Waals surface area contributed by atoms with Crippen LogP contribution in [-0.4, -0.2) is 43.8 Å². The summed E-state index contributed by atoms with van der Waals surface area (Å²) in [5, 5.41) is 13.7. The molecule has 1 N–H and O–H groups in total. The van der Waals surface area contributed by atoms with E-state index in [9.17, 15) is 18.5 Å². The number of hydrogen-bond acceptors (Lipinski definition) is 5. The lowest BCUT2D eigenvalue weighted by molar-refractivity contribution is -0.384. The van der Waals surface area contributed by atoms with E-state index in [1.54, 1.807) is 0 Å². The van der Waals surface area contributed by atoms with Crippen LogP contribution in [0.2, 0.25) is 0 Å². The van der Waals surface area contributed by atoms with Crippen LogP contribution in [-0.2, 0) is 10.0 Å².